The number of aryl methyl sites for hydroxylation is 1. The fourth-order valence-corrected chi connectivity index (χ4v) is 4.86. The second kappa shape index (κ2) is 6.67. The lowest BCUT2D eigenvalue weighted by molar-refractivity contribution is 0.285. The molecule has 3 rings (SSSR count). The van der Waals surface area contributed by atoms with E-state index in [4.69, 9.17) is 0 Å². The maximum absolute atomic E-state index is 12.9. The first-order valence-electron chi connectivity index (χ1n) is 8.18. The van der Waals surface area contributed by atoms with Crippen molar-refractivity contribution >= 4 is 10.0 Å². The SMILES string of the molecule is Cc1ccc([C@@H]2CN(S(=O)(=O)c3ccccc3)C[C@H]2N(C)C)cc1. The highest BCUT2D eigenvalue weighted by Gasteiger charge is 2.40. The highest BCUT2D eigenvalue weighted by molar-refractivity contribution is 7.89. The molecule has 0 saturated carbocycles. The zero-order valence-electron chi connectivity index (χ0n) is 14.4. The van der Waals surface area contributed by atoms with Crippen molar-refractivity contribution in [2.75, 3.05) is 27.2 Å². The number of likely N-dealkylation sites (N-methyl/N-ethyl adjacent to an activating group) is 1. The van der Waals surface area contributed by atoms with Gasteiger partial charge in [-0.1, -0.05) is 48.0 Å². The van der Waals surface area contributed by atoms with Crippen molar-refractivity contribution in [3.05, 3.63) is 65.7 Å². The zero-order chi connectivity index (χ0) is 17.3. The Hall–Kier alpha value is -1.69. The summed E-state index contributed by atoms with van der Waals surface area (Å²) in [6.07, 6.45) is 0. The molecule has 0 amide bonds. The molecule has 0 spiro atoms. The van der Waals surface area contributed by atoms with Crippen molar-refractivity contribution in [3.8, 4) is 0 Å². The quantitative estimate of drug-likeness (QED) is 0.856. The lowest BCUT2D eigenvalue weighted by atomic mass is 9.93. The molecule has 2 atom stereocenters. The van der Waals surface area contributed by atoms with Gasteiger partial charge in [0.1, 0.15) is 0 Å². The third-order valence-corrected chi connectivity index (χ3v) is 6.65. The van der Waals surface area contributed by atoms with E-state index in [2.05, 4.69) is 36.1 Å². The summed E-state index contributed by atoms with van der Waals surface area (Å²) < 4.78 is 27.5. The minimum atomic E-state index is -3.45. The van der Waals surface area contributed by atoms with Gasteiger partial charge in [0.05, 0.1) is 4.90 Å². The minimum Gasteiger partial charge on any atom is -0.304 e. The molecule has 2 aromatic rings. The molecular formula is C19H24N2O2S. The molecular weight excluding hydrogens is 320 g/mol. The second-order valence-electron chi connectivity index (χ2n) is 6.68. The van der Waals surface area contributed by atoms with E-state index in [-0.39, 0.29) is 12.0 Å². The van der Waals surface area contributed by atoms with Crippen LogP contribution in [0, 0.1) is 6.92 Å². The van der Waals surface area contributed by atoms with Gasteiger partial charge in [0.2, 0.25) is 10.0 Å². The highest BCUT2D eigenvalue weighted by atomic mass is 32.2. The fourth-order valence-electron chi connectivity index (χ4n) is 3.35. The van der Waals surface area contributed by atoms with Crippen LogP contribution in [0.3, 0.4) is 0 Å². The van der Waals surface area contributed by atoms with Crippen LogP contribution in [0.5, 0.6) is 0 Å². The van der Waals surface area contributed by atoms with Crippen LogP contribution in [0.2, 0.25) is 0 Å². The monoisotopic (exact) mass is 344 g/mol. The summed E-state index contributed by atoms with van der Waals surface area (Å²) in [5.41, 5.74) is 2.41. The summed E-state index contributed by atoms with van der Waals surface area (Å²) in [6, 6.07) is 17.3. The van der Waals surface area contributed by atoms with Gasteiger partial charge in [-0.05, 0) is 38.7 Å². The van der Waals surface area contributed by atoms with Gasteiger partial charge < -0.3 is 4.90 Å². The highest BCUT2D eigenvalue weighted by Crippen LogP contribution is 2.33. The first-order chi connectivity index (χ1) is 11.4. The van der Waals surface area contributed by atoms with Gasteiger partial charge in [-0.15, -0.1) is 0 Å². The van der Waals surface area contributed by atoms with Crippen LogP contribution in [-0.4, -0.2) is 50.8 Å². The Kier molecular flexibility index (Phi) is 4.76. The largest absolute Gasteiger partial charge is 0.304 e. The number of nitrogens with zero attached hydrogens (tertiary/aromatic N) is 2. The van der Waals surface area contributed by atoms with Crippen LogP contribution in [0.4, 0.5) is 0 Å². The Bertz CT molecular complexity index is 786. The van der Waals surface area contributed by atoms with Gasteiger partial charge in [-0.2, -0.15) is 4.31 Å². The zero-order valence-corrected chi connectivity index (χ0v) is 15.2. The summed E-state index contributed by atoms with van der Waals surface area (Å²) >= 11 is 0. The van der Waals surface area contributed by atoms with Crippen molar-refractivity contribution in [1.29, 1.82) is 0 Å². The van der Waals surface area contributed by atoms with Gasteiger partial charge in [-0.3, -0.25) is 0 Å². The summed E-state index contributed by atoms with van der Waals surface area (Å²) in [5, 5.41) is 0. The molecule has 2 aromatic carbocycles. The van der Waals surface area contributed by atoms with E-state index in [1.165, 1.54) is 11.1 Å². The Morgan fingerprint density at radius 3 is 2.17 bits per heavy atom. The van der Waals surface area contributed by atoms with Crippen molar-refractivity contribution in [2.45, 2.75) is 23.8 Å². The van der Waals surface area contributed by atoms with Crippen LogP contribution in [-0.2, 0) is 10.0 Å². The lowest BCUT2D eigenvalue weighted by Gasteiger charge is -2.25. The number of benzene rings is 2. The molecule has 0 radical (unpaired) electrons. The van der Waals surface area contributed by atoms with E-state index in [1.54, 1.807) is 28.6 Å². The Labute approximate surface area is 144 Å². The summed E-state index contributed by atoms with van der Waals surface area (Å²) in [6.45, 7) is 3.10. The molecule has 5 heteroatoms. The molecule has 1 saturated heterocycles. The number of sulfonamides is 1. The Morgan fingerprint density at radius 1 is 0.958 bits per heavy atom. The standard InChI is InChI=1S/C19H24N2O2S/c1-15-9-11-16(12-10-15)18-13-21(14-19(18)20(2)3)24(22,23)17-7-5-4-6-8-17/h4-12,18-19H,13-14H2,1-3H3/t18-,19+/m0/s1. The van der Waals surface area contributed by atoms with Crippen molar-refractivity contribution in [3.63, 3.8) is 0 Å². The van der Waals surface area contributed by atoms with Crippen LogP contribution in [0.1, 0.15) is 17.0 Å². The number of rotatable bonds is 4. The molecule has 0 aromatic heterocycles. The Morgan fingerprint density at radius 2 is 1.58 bits per heavy atom. The van der Waals surface area contributed by atoms with E-state index in [1.807, 2.05) is 20.2 Å². The van der Waals surface area contributed by atoms with Crippen LogP contribution in [0.25, 0.3) is 0 Å². The third-order valence-electron chi connectivity index (χ3n) is 4.81. The second-order valence-corrected chi connectivity index (χ2v) is 8.62. The van der Waals surface area contributed by atoms with E-state index in [0.29, 0.717) is 18.0 Å². The van der Waals surface area contributed by atoms with Gasteiger partial charge in [0.15, 0.2) is 0 Å². The molecule has 0 unspecified atom stereocenters. The number of hydrogen-bond acceptors (Lipinski definition) is 3. The predicted octanol–water partition coefficient (Wildman–Crippen LogP) is 2.71. The molecule has 0 aliphatic carbocycles. The first kappa shape index (κ1) is 17.1. The first-order valence-corrected chi connectivity index (χ1v) is 9.62. The normalized spacial score (nSPS) is 22.2. The fraction of sp³-hybridized carbons (Fsp3) is 0.368. The van der Waals surface area contributed by atoms with E-state index < -0.39 is 10.0 Å². The molecule has 4 nitrogen and oxygen atoms in total. The summed E-state index contributed by atoms with van der Waals surface area (Å²) in [7, 11) is 0.589. The van der Waals surface area contributed by atoms with Crippen molar-refractivity contribution in [2.24, 2.45) is 0 Å². The van der Waals surface area contributed by atoms with Gasteiger partial charge in [-0.25, -0.2) is 8.42 Å². The molecule has 24 heavy (non-hydrogen) atoms. The molecule has 1 heterocycles. The number of hydrogen-bond donors (Lipinski definition) is 0. The smallest absolute Gasteiger partial charge is 0.243 e. The maximum atomic E-state index is 12.9. The van der Waals surface area contributed by atoms with Crippen LogP contribution in [0.15, 0.2) is 59.5 Å². The summed E-state index contributed by atoms with van der Waals surface area (Å²) in [5.74, 6) is 0.180. The van der Waals surface area contributed by atoms with Gasteiger partial charge in [0, 0.05) is 25.0 Å². The third kappa shape index (κ3) is 3.24. The average Bonchev–Trinajstić information content (AvgIpc) is 3.03. The van der Waals surface area contributed by atoms with E-state index >= 15 is 0 Å². The molecule has 1 aliphatic heterocycles. The topological polar surface area (TPSA) is 40.6 Å². The lowest BCUT2D eigenvalue weighted by Crippen LogP contribution is -2.35. The molecule has 0 N–H and O–H groups in total. The maximum Gasteiger partial charge on any atom is 0.243 e. The average molecular weight is 344 g/mol. The van der Waals surface area contributed by atoms with Gasteiger partial charge in [0.25, 0.3) is 0 Å². The molecule has 1 fully saturated rings. The molecule has 0 bridgehead atoms. The summed E-state index contributed by atoms with van der Waals surface area (Å²) in [4.78, 5) is 2.50. The molecule has 128 valence electrons. The molecule has 1 aliphatic rings. The van der Waals surface area contributed by atoms with E-state index in [0.717, 1.165) is 0 Å². The Balaban J connectivity index is 1.92. The minimum absolute atomic E-state index is 0.172. The van der Waals surface area contributed by atoms with Crippen LogP contribution >= 0.6 is 0 Å². The van der Waals surface area contributed by atoms with E-state index in [9.17, 15) is 8.42 Å². The van der Waals surface area contributed by atoms with Crippen LogP contribution < -0.4 is 0 Å². The van der Waals surface area contributed by atoms with Crippen molar-refractivity contribution in [1.82, 2.24) is 9.21 Å². The van der Waals surface area contributed by atoms with Crippen molar-refractivity contribution < 1.29 is 8.42 Å². The van der Waals surface area contributed by atoms with Gasteiger partial charge >= 0.3 is 0 Å². The predicted molar refractivity (Wildman–Crippen MR) is 96.6 cm³/mol.